The Balaban J connectivity index is 2.13. The molecule has 0 unspecified atom stereocenters. The van der Waals surface area contributed by atoms with E-state index in [0.29, 0.717) is 5.13 Å². The van der Waals surface area contributed by atoms with E-state index in [4.69, 9.17) is 0 Å². The molecule has 1 aromatic carbocycles. The maximum absolute atomic E-state index is 12.8. The van der Waals surface area contributed by atoms with Gasteiger partial charge in [-0.3, -0.25) is 14.9 Å². The molecule has 27 heavy (non-hydrogen) atoms. The smallest absolute Gasteiger partial charge is 0.249 e. The Hall–Kier alpha value is -1.80. The van der Waals surface area contributed by atoms with Crippen molar-refractivity contribution in [1.29, 1.82) is 0 Å². The average Bonchev–Trinajstić information content (AvgIpc) is 3.06. The van der Waals surface area contributed by atoms with Crippen molar-refractivity contribution in [2.24, 2.45) is 11.3 Å². The summed E-state index contributed by atoms with van der Waals surface area (Å²) in [7, 11) is 0. The molecule has 146 valence electrons. The zero-order valence-electron chi connectivity index (χ0n) is 16.2. The van der Waals surface area contributed by atoms with Gasteiger partial charge in [-0.15, -0.1) is 10.2 Å². The van der Waals surface area contributed by atoms with Crippen molar-refractivity contribution in [3.8, 4) is 10.6 Å². The topological polar surface area (TPSA) is 84.0 Å². The lowest BCUT2D eigenvalue weighted by Gasteiger charge is -2.27. The monoisotopic (exact) mass is 452 g/mol. The summed E-state index contributed by atoms with van der Waals surface area (Å²) < 4.78 is 0.982. The third-order valence-electron chi connectivity index (χ3n) is 4.21. The van der Waals surface area contributed by atoms with Crippen LogP contribution in [0.15, 0.2) is 28.7 Å². The van der Waals surface area contributed by atoms with Crippen LogP contribution in [0.3, 0.4) is 0 Å². The quantitative estimate of drug-likeness (QED) is 0.676. The van der Waals surface area contributed by atoms with Gasteiger partial charge in [0.2, 0.25) is 16.9 Å². The van der Waals surface area contributed by atoms with Gasteiger partial charge in [-0.05, 0) is 18.1 Å². The fourth-order valence-corrected chi connectivity index (χ4v) is 3.24. The van der Waals surface area contributed by atoms with E-state index in [9.17, 15) is 9.59 Å². The first-order chi connectivity index (χ1) is 12.6. The molecule has 6 nitrogen and oxygen atoms in total. The maximum Gasteiger partial charge on any atom is 0.249 e. The van der Waals surface area contributed by atoms with Crippen LogP contribution in [0.2, 0.25) is 0 Å². The van der Waals surface area contributed by atoms with Crippen LogP contribution in [0.1, 0.15) is 41.0 Å². The summed E-state index contributed by atoms with van der Waals surface area (Å²) in [6.45, 7) is 9.40. The highest BCUT2D eigenvalue weighted by molar-refractivity contribution is 9.10. The molecule has 0 spiro atoms. The van der Waals surface area contributed by atoms with E-state index in [1.165, 1.54) is 11.3 Å². The van der Waals surface area contributed by atoms with E-state index >= 15 is 0 Å². The number of carbonyl (C=O) groups excluding carboxylic acids is 2. The lowest BCUT2D eigenvalue weighted by molar-refractivity contribution is -0.132. The van der Waals surface area contributed by atoms with Gasteiger partial charge < -0.3 is 5.32 Å². The summed E-state index contributed by atoms with van der Waals surface area (Å²) >= 11 is 4.70. The standard InChI is InChI=1S/C19H25BrN4O2S/c1-6-11(2)14(21-17(26)19(3,4)5)15(25)22-18-24-23-16(27-18)12-7-9-13(20)10-8-12/h7-11,14H,6H2,1-5H3,(H,21,26)(H,22,24,25)/t11-,14+/m0/s1. The van der Waals surface area contributed by atoms with Crippen LogP contribution in [0.25, 0.3) is 10.6 Å². The summed E-state index contributed by atoms with van der Waals surface area (Å²) in [6, 6.07) is 7.09. The van der Waals surface area contributed by atoms with E-state index in [1.54, 1.807) is 0 Å². The minimum absolute atomic E-state index is 0.00448. The van der Waals surface area contributed by atoms with Crippen molar-refractivity contribution in [2.45, 2.75) is 47.1 Å². The van der Waals surface area contributed by atoms with Gasteiger partial charge in [0.15, 0.2) is 0 Å². The number of amides is 2. The minimum Gasteiger partial charge on any atom is -0.344 e. The van der Waals surface area contributed by atoms with Crippen molar-refractivity contribution in [2.75, 3.05) is 5.32 Å². The SMILES string of the molecule is CC[C@H](C)[C@@H](NC(=O)C(C)(C)C)C(=O)Nc1nnc(-c2ccc(Br)cc2)s1. The van der Waals surface area contributed by atoms with E-state index < -0.39 is 11.5 Å². The van der Waals surface area contributed by atoms with Gasteiger partial charge in [0, 0.05) is 15.5 Å². The molecule has 0 saturated carbocycles. The zero-order chi connectivity index (χ0) is 20.2. The number of nitrogens with one attached hydrogen (secondary N) is 2. The summed E-state index contributed by atoms with van der Waals surface area (Å²) in [6.07, 6.45) is 0.767. The van der Waals surface area contributed by atoms with E-state index in [0.717, 1.165) is 21.5 Å². The van der Waals surface area contributed by atoms with Crippen molar-refractivity contribution in [3.63, 3.8) is 0 Å². The van der Waals surface area contributed by atoms with Gasteiger partial charge in [0.25, 0.3) is 0 Å². The van der Waals surface area contributed by atoms with Crippen LogP contribution in [0, 0.1) is 11.3 Å². The molecule has 1 aromatic heterocycles. The molecule has 0 aliphatic heterocycles. The fraction of sp³-hybridized carbons (Fsp3) is 0.474. The number of nitrogens with zero attached hydrogens (tertiary/aromatic N) is 2. The Kier molecular flexibility index (Phi) is 7.11. The van der Waals surface area contributed by atoms with Crippen LogP contribution in [-0.4, -0.2) is 28.1 Å². The van der Waals surface area contributed by atoms with E-state index in [-0.39, 0.29) is 17.7 Å². The van der Waals surface area contributed by atoms with Crippen LogP contribution in [0.5, 0.6) is 0 Å². The number of halogens is 1. The first-order valence-corrected chi connectivity index (χ1v) is 10.4. The molecule has 0 aliphatic rings. The summed E-state index contributed by atoms with van der Waals surface area (Å²) in [4.78, 5) is 25.1. The molecular formula is C19H25BrN4O2S. The number of benzene rings is 1. The van der Waals surface area contributed by atoms with Crippen LogP contribution in [-0.2, 0) is 9.59 Å². The van der Waals surface area contributed by atoms with Gasteiger partial charge >= 0.3 is 0 Å². The largest absolute Gasteiger partial charge is 0.344 e. The molecule has 8 heteroatoms. The predicted octanol–water partition coefficient (Wildman–Crippen LogP) is 4.48. The Morgan fingerprint density at radius 2 is 1.81 bits per heavy atom. The average molecular weight is 453 g/mol. The maximum atomic E-state index is 12.8. The van der Waals surface area contributed by atoms with Gasteiger partial charge in [-0.25, -0.2) is 0 Å². The number of hydrogen-bond donors (Lipinski definition) is 2. The van der Waals surface area contributed by atoms with Crippen molar-refractivity contribution in [1.82, 2.24) is 15.5 Å². The molecule has 2 amide bonds. The summed E-state index contributed by atoms with van der Waals surface area (Å²) in [5, 5.41) is 15.0. The molecule has 2 N–H and O–H groups in total. The zero-order valence-corrected chi connectivity index (χ0v) is 18.6. The first kappa shape index (κ1) is 21.5. The van der Waals surface area contributed by atoms with Gasteiger partial charge in [-0.1, -0.05) is 80.4 Å². The van der Waals surface area contributed by atoms with Crippen LogP contribution < -0.4 is 10.6 Å². The number of rotatable bonds is 6. The molecule has 0 fully saturated rings. The second kappa shape index (κ2) is 8.93. The molecule has 2 atom stereocenters. The van der Waals surface area contributed by atoms with Crippen molar-refractivity contribution >= 4 is 44.2 Å². The Bertz CT molecular complexity index is 799. The third kappa shape index (κ3) is 5.84. The number of anilines is 1. The minimum atomic E-state index is -0.623. The Morgan fingerprint density at radius 1 is 1.19 bits per heavy atom. The molecule has 2 rings (SSSR count). The number of aromatic nitrogens is 2. The molecule has 0 saturated heterocycles. The first-order valence-electron chi connectivity index (χ1n) is 8.83. The fourth-order valence-electron chi connectivity index (χ4n) is 2.23. The second-order valence-electron chi connectivity index (χ2n) is 7.50. The van der Waals surface area contributed by atoms with E-state index in [2.05, 4.69) is 36.8 Å². The highest BCUT2D eigenvalue weighted by atomic mass is 79.9. The summed E-state index contributed by atoms with van der Waals surface area (Å²) in [5.41, 5.74) is 0.361. The van der Waals surface area contributed by atoms with Crippen molar-refractivity contribution in [3.05, 3.63) is 28.7 Å². The molecule has 0 radical (unpaired) electrons. The Morgan fingerprint density at radius 3 is 2.37 bits per heavy atom. The Labute approximate surface area is 172 Å². The normalized spacial score (nSPS) is 13.7. The molecule has 0 aliphatic carbocycles. The molecule has 1 heterocycles. The lowest BCUT2D eigenvalue weighted by atomic mass is 9.92. The molecular weight excluding hydrogens is 428 g/mol. The second-order valence-corrected chi connectivity index (χ2v) is 9.39. The van der Waals surface area contributed by atoms with Gasteiger partial charge in [0.05, 0.1) is 0 Å². The predicted molar refractivity (Wildman–Crippen MR) is 113 cm³/mol. The van der Waals surface area contributed by atoms with Crippen LogP contribution >= 0.6 is 27.3 Å². The molecule has 2 aromatic rings. The van der Waals surface area contributed by atoms with Crippen molar-refractivity contribution < 1.29 is 9.59 Å². The third-order valence-corrected chi connectivity index (χ3v) is 5.63. The highest BCUT2D eigenvalue weighted by Crippen LogP contribution is 2.27. The molecule has 0 bridgehead atoms. The highest BCUT2D eigenvalue weighted by Gasteiger charge is 2.31. The summed E-state index contributed by atoms with van der Waals surface area (Å²) in [5.74, 6) is -0.439. The lowest BCUT2D eigenvalue weighted by Crippen LogP contribution is -2.50. The number of hydrogen-bond acceptors (Lipinski definition) is 5. The number of carbonyl (C=O) groups is 2. The van der Waals surface area contributed by atoms with Gasteiger partial charge in [0.1, 0.15) is 11.0 Å². The van der Waals surface area contributed by atoms with E-state index in [1.807, 2.05) is 58.9 Å². The van der Waals surface area contributed by atoms with Gasteiger partial charge in [-0.2, -0.15) is 0 Å². The van der Waals surface area contributed by atoms with Crippen LogP contribution in [0.4, 0.5) is 5.13 Å².